The number of amides is 2. The second-order valence-corrected chi connectivity index (χ2v) is 6.93. The van der Waals surface area contributed by atoms with Crippen molar-refractivity contribution in [1.82, 2.24) is 10.2 Å². The van der Waals surface area contributed by atoms with Gasteiger partial charge in [-0.15, -0.1) is 0 Å². The maximum Gasteiger partial charge on any atom is 0.413 e. The van der Waals surface area contributed by atoms with Crippen LogP contribution in [0.15, 0.2) is 30.3 Å². The third kappa shape index (κ3) is 4.99. The Morgan fingerprint density at radius 1 is 1.32 bits per heavy atom. The molecule has 1 aromatic rings. The predicted octanol–water partition coefficient (Wildman–Crippen LogP) is 0.799. The molecular weight excluding hydrogens is 368 g/mol. The molecule has 1 heterocycles. The Hall–Kier alpha value is -2.65. The van der Waals surface area contributed by atoms with Crippen LogP contribution in [0.1, 0.15) is 26.3 Å². The number of hydrogen-bond acceptors (Lipinski definition) is 7. The summed E-state index contributed by atoms with van der Waals surface area (Å²) in [6.07, 6.45) is -1.90. The van der Waals surface area contributed by atoms with Crippen LogP contribution in [0.4, 0.5) is 4.79 Å². The second kappa shape index (κ2) is 9.03. The Morgan fingerprint density at radius 2 is 1.96 bits per heavy atom. The molecule has 1 aliphatic rings. The van der Waals surface area contributed by atoms with Gasteiger partial charge in [-0.25, -0.2) is 9.59 Å². The summed E-state index contributed by atoms with van der Waals surface area (Å²) >= 11 is 0. The molecule has 2 amide bonds. The number of carbonyl (C=O) groups excluding carboxylic acids is 3. The summed E-state index contributed by atoms with van der Waals surface area (Å²) in [7, 11) is 1.15. The molecule has 2 N–H and O–H groups in total. The fraction of sp³-hybridized carbons (Fsp3) is 0.526. The van der Waals surface area contributed by atoms with Crippen molar-refractivity contribution in [1.29, 1.82) is 0 Å². The number of benzene rings is 1. The lowest BCUT2D eigenvalue weighted by Gasteiger charge is -2.32. The van der Waals surface area contributed by atoms with Crippen LogP contribution in [0, 0.1) is 0 Å². The number of methoxy groups -OCH3 is 1. The molecule has 3 atom stereocenters. The molecule has 0 saturated carbocycles. The van der Waals surface area contributed by atoms with Gasteiger partial charge in [-0.1, -0.05) is 30.3 Å². The highest BCUT2D eigenvalue weighted by Crippen LogP contribution is 2.28. The van der Waals surface area contributed by atoms with Crippen LogP contribution in [-0.4, -0.2) is 65.6 Å². The normalized spacial score (nSPS) is 20.2. The molecule has 2 rings (SSSR count). The lowest BCUT2D eigenvalue weighted by molar-refractivity contribution is -0.148. The monoisotopic (exact) mass is 394 g/mol. The maximum atomic E-state index is 12.7. The summed E-state index contributed by atoms with van der Waals surface area (Å²) in [6, 6.07) is 6.84. The van der Waals surface area contributed by atoms with Crippen LogP contribution in [0.2, 0.25) is 0 Å². The van der Waals surface area contributed by atoms with Gasteiger partial charge in [0.15, 0.2) is 6.04 Å². The number of rotatable bonds is 6. The Kier molecular flexibility index (Phi) is 6.98. The van der Waals surface area contributed by atoms with E-state index in [4.69, 9.17) is 9.47 Å². The van der Waals surface area contributed by atoms with E-state index in [-0.39, 0.29) is 13.2 Å². The zero-order valence-electron chi connectivity index (χ0n) is 16.4. The summed E-state index contributed by atoms with van der Waals surface area (Å²) in [5.41, 5.74) is -0.281. The highest BCUT2D eigenvalue weighted by Gasteiger charge is 2.48. The molecule has 9 heteroatoms. The molecule has 0 aromatic heterocycles. The number of aliphatic hydroxyl groups is 1. The Balaban J connectivity index is 2.10. The zero-order valence-corrected chi connectivity index (χ0v) is 16.4. The number of nitrogens with one attached hydrogen (secondary N) is 1. The summed E-state index contributed by atoms with van der Waals surface area (Å²) in [5.74, 6) is -1.45. The third-order valence-electron chi connectivity index (χ3n) is 4.43. The van der Waals surface area contributed by atoms with Gasteiger partial charge < -0.3 is 24.6 Å². The number of esters is 1. The predicted molar refractivity (Wildman–Crippen MR) is 97.9 cm³/mol. The molecule has 28 heavy (non-hydrogen) atoms. The quantitative estimate of drug-likeness (QED) is 0.686. The van der Waals surface area contributed by atoms with E-state index in [1.54, 1.807) is 13.8 Å². The van der Waals surface area contributed by atoms with Crippen LogP contribution >= 0.6 is 0 Å². The number of nitrogens with zero attached hydrogens (tertiary/aromatic N) is 1. The lowest BCUT2D eigenvalue weighted by Crippen LogP contribution is -2.57. The molecule has 1 fully saturated rings. The van der Waals surface area contributed by atoms with E-state index in [1.165, 1.54) is 11.8 Å². The van der Waals surface area contributed by atoms with E-state index >= 15 is 0 Å². The lowest BCUT2D eigenvalue weighted by atomic mass is 10.1. The van der Waals surface area contributed by atoms with Crippen molar-refractivity contribution in [3.63, 3.8) is 0 Å². The van der Waals surface area contributed by atoms with Crippen LogP contribution < -0.4 is 5.32 Å². The Bertz CT molecular complexity index is 705. The largest absolute Gasteiger partial charge is 0.467 e. The van der Waals surface area contributed by atoms with E-state index < -0.39 is 41.9 Å². The van der Waals surface area contributed by atoms with Gasteiger partial charge in [0.2, 0.25) is 5.91 Å². The molecule has 154 valence electrons. The van der Waals surface area contributed by atoms with Crippen LogP contribution in [-0.2, 0) is 30.4 Å². The first-order valence-corrected chi connectivity index (χ1v) is 8.87. The smallest absolute Gasteiger partial charge is 0.413 e. The molecule has 0 radical (unpaired) electrons. The molecule has 1 aromatic carbocycles. The Labute approximate surface area is 163 Å². The van der Waals surface area contributed by atoms with Gasteiger partial charge in [0.25, 0.3) is 0 Å². The highest BCUT2D eigenvalue weighted by atomic mass is 16.6. The third-order valence-corrected chi connectivity index (χ3v) is 4.43. The zero-order chi connectivity index (χ0) is 20.9. The molecule has 9 nitrogen and oxygen atoms in total. The summed E-state index contributed by atoms with van der Waals surface area (Å²) in [5, 5.41) is 12.2. The first kappa shape index (κ1) is 21.6. The van der Waals surface area contributed by atoms with Crippen molar-refractivity contribution >= 4 is 18.0 Å². The summed E-state index contributed by atoms with van der Waals surface area (Å²) in [6.45, 7) is 4.59. The minimum Gasteiger partial charge on any atom is -0.467 e. The fourth-order valence-electron chi connectivity index (χ4n) is 2.88. The van der Waals surface area contributed by atoms with E-state index in [0.717, 1.165) is 12.7 Å². The molecule has 1 aliphatic heterocycles. The maximum absolute atomic E-state index is 12.7. The molecule has 0 spiro atoms. The number of hydrogen-bond donors (Lipinski definition) is 2. The van der Waals surface area contributed by atoms with Gasteiger partial charge in [-0.2, -0.15) is 0 Å². The van der Waals surface area contributed by atoms with Gasteiger partial charge in [-0.05, 0) is 26.3 Å². The highest BCUT2D eigenvalue weighted by molar-refractivity contribution is 5.90. The van der Waals surface area contributed by atoms with Crippen LogP contribution in [0.25, 0.3) is 0 Å². The van der Waals surface area contributed by atoms with Crippen molar-refractivity contribution in [2.24, 2.45) is 0 Å². The average molecular weight is 394 g/mol. The van der Waals surface area contributed by atoms with E-state index in [9.17, 15) is 19.5 Å². The first-order chi connectivity index (χ1) is 13.2. The molecular formula is C19H26N2O7. The second-order valence-electron chi connectivity index (χ2n) is 6.93. The summed E-state index contributed by atoms with van der Waals surface area (Å²) < 4.78 is 15.5. The van der Waals surface area contributed by atoms with E-state index in [2.05, 4.69) is 10.1 Å². The van der Waals surface area contributed by atoms with Crippen molar-refractivity contribution in [3.8, 4) is 0 Å². The van der Waals surface area contributed by atoms with Gasteiger partial charge in [0.1, 0.15) is 18.4 Å². The average Bonchev–Trinajstić information content (AvgIpc) is 2.99. The fourth-order valence-corrected chi connectivity index (χ4v) is 2.88. The first-order valence-electron chi connectivity index (χ1n) is 8.87. The summed E-state index contributed by atoms with van der Waals surface area (Å²) in [4.78, 5) is 38.3. The molecule has 0 bridgehead atoms. The van der Waals surface area contributed by atoms with Gasteiger partial charge >= 0.3 is 12.1 Å². The molecule has 0 aliphatic carbocycles. The van der Waals surface area contributed by atoms with Gasteiger partial charge in [0, 0.05) is 0 Å². The molecule has 0 unspecified atom stereocenters. The van der Waals surface area contributed by atoms with Crippen molar-refractivity contribution < 1.29 is 33.7 Å². The number of carbonyl (C=O) groups is 3. The van der Waals surface area contributed by atoms with Gasteiger partial charge in [-0.3, -0.25) is 9.69 Å². The molecule has 1 saturated heterocycles. The SMILES string of the molecule is COC(=O)[C@@H](NC(=O)[C@@H]1COC(C)(C)N1C(=O)OCc1ccccc1)[C@@H](C)O. The van der Waals surface area contributed by atoms with Crippen LogP contribution in [0.5, 0.6) is 0 Å². The number of aliphatic hydroxyl groups excluding tert-OH is 1. The minimum atomic E-state index is -1.26. The van der Waals surface area contributed by atoms with E-state index in [0.29, 0.717) is 0 Å². The van der Waals surface area contributed by atoms with Gasteiger partial charge in [0.05, 0.1) is 19.8 Å². The van der Waals surface area contributed by atoms with Crippen molar-refractivity contribution in [2.45, 2.75) is 51.3 Å². The minimum absolute atomic E-state index is 0.0407. The Morgan fingerprint density at radius 3 is 2.54 bits per heavy atom. The van der Waals surface area contributed by atoms with E-state index in [1.807, 2.05) is 30.3 Å². The van der Waals surface area contributed by atoms with Crippen molar-refractivity contribution in [2.75, 3.05) is 13.7 Å². The van der Waals surface area contributed by atoms with Crippen LogP contribution in [0.3, 0.4) is 0 Å². The van der Waals surface area contributed by atoms with Crippen molar-refractivity contribution in [3.05, 3.63) is 35.9 Å². The topological polar surface area (TPSA) is 114 Å². The number of ether oxygens (including phenoxy) is 3. The standard InChI is InChI=1S/C19H26N2O7/c1-12(22)15(17(24)26-4)20-16(23)14-11-28-19(2,3)21(14)18(25)27-10-13-8-6-5-7-9-13/h5-9,12,14-15,22H,10-11H2,1-4H3,(H,20,23)/t12-,14+,15+/m1/s1.